The van der Waals surface area contributed by atoms with Gasteiger partial charge in [-0.15, -0.1) is 0 Å². The predicted octanol–water partition coefficient (Wildman–Crippen LogP) is -2.12. The molecule has 0 atom stereocenters. The van der Waals surface area contributed by atoms with Crippen molar-refractivity contribution < 1.29 is 0 Å². The third-order valence-corrected chi connectivity index (χ3v) is 1.62. The number of H-pyrrole nitrogens is 3. The molecule has 0 aliphatic heterocycles. The number of nitrogens with one attached hydrogen (secondary N) is 3. The first kappa shape index (κ1) is 8.23. The summed E-state index contributed by atoms with van der Waals surface area (Å²) in [4.78, 5) is 43.0. The van der Waals surface area contributed by atoms with Gasteiger partial charge >= 0.3 is 5.69 Å². The van der Waals surface area contributed by atoms with Gasteiger partial charge in [-0.25, -0.2) is 9.78 Å². The summed E-state index contributed by atoms with van der Waals surface area (Å²) < 4.78 is 0. The Morgan fingerprint density at radius 2 is 1.71 bits per heavy atom. The molecule has 0 spiro atoms. The Balaban J connectivity index is 3.18. The fourth-order valence-electron chi connectivity index (χ4n) is 1.08. The molecule has 0 aliphatic carbocycles. The summed E-state index contributed by atoms with van der Waals surface area (Å²) in [6.45, 7) is 0. The molecule has 0 amide bonds. The van der Waals surface area contributed by atoms with Crippen molar-refractivity contribution in [1.29, 1.82) is 0 Å². The second-order valence-electron chi connectivity index (χ2n) is 2.58. The fraction of sp³-hybridized carbons (Fsp3) is 0. The molecule has 0 bridgehead atoms. The van der Waals surface area contributed by atoms with Crippen LogP contribution in [-0.4, -0.2) is 19.9 Å². The zero-order valence-corrected chi connectivity index (χ0v) is 6.75. The van der Waals surface area contributed by atoms with Crippen LogP contribution in [0.15, 0.2) is 14.4 Å². The van der Waals surface area contributed by atoms with Gasteiger partial charge in [0.15, 0.2) is 5.52 Å². The maximum Gasteiger partial charge on any atom is 0.326 e. The van der Waals surface area contributed by atoms with E-state index in [-0.39, 0.29) is 17.0 Å². The highest BCUT2D eigenvalue weighted by Crippen LogP contribution is 1.94. The summed E-state index contributed by atoms with van der Waals surface area (Å²) in [5.41, 5.74) is 2.67. The van der Waals surface area contributed by atoms with Crippen molar-refractivity contribution in [2.75, 3.05) is 5.73 Å². The zero-order valence-electron chi connectivity index (χ0n) is 6.75. The lowest BCUT2D eigenvalue weighted by Gasteiger charge is -1.95. The van der Waals surface area contributed by atoms with Crippen LogP contribution in [0.2, 0.25) is 0 Å². The average Bonchev–Trinajstić information content (AvgIpc) is 2.07. The summed E-state index contributed by atoms with van der Waals surface area (Å²) >= 11 is 0. The number of nitrogens with zero attached hydrogens (tertiary/aromatic N) is 1. The van der Waals surface area contributed by atoms with Gasteiger partial charge in [-0.1, -0.05) is 0 Å². The third-order valence-electron chi connectivity index (χ3n) is 1.62. The minimum atomic E-state index is -0.764. The Labute approximate surface area is 74.8 Å². The van der Waals surface area contributed by atoms with Crippen LogP contribution in [0.3, 0.4) is 0 Å². The fourth-order valence-corrected chi connectivity index (χ4v) is 1.08. The van der Waals surface area contributed by atoms with Gasteiger partial charge in [0.25, 0.3) is 11.1 Å². The monoisotopic (exact) mass is 195 g/mol. The lowest BCUT2D eigenvalue weighted by molar-refractivity contribution is 1.04. The molecule has 0 aromatic carbocycles. The molecule has 0 radical (unpaired) electrons. The second-order valence-corrected chi connectivity index (χ2v) is 2.58. The molecule has 2 aromatic rings. The van der Waals surface area contributed by atoms with Crippen molar-refractivity contribution in [3.8, 4) is 0 Å². The van der Waals surface area contributed by atoms with Crippen molar-refractivity contribution in [2.45, 2.75) is 0 Å². The Morgan fingerprint density at radius 1 is 1.00 bits per heavy atom. The van der Waals surface area contributed by atoms with E-state index in [2.05, 4.69) is 15.0 Å². The predicted molar refractivity (Wildman–Crippen MR) is 48.0 cm³/mol. The molecule has 0 fully saturated rings. The number of aromatic amines is 3. The minimum Gasteiger partial charge on any atom is -0.369 e. The first-order valence-corrected chi connectivity index (χ1v) is 3.60. The summed E-state index contributed by atoms with van der Waals surface area (Å²) in [6, 6.07) is 0. The van der Waals surface area contributed by atoms with E-state index in [1.54, 1.807) is 0 Å². The number of anilines is 1. The molecule has 2 heterocycles. The maximum absolute atomic E-state index is 11.2. The maximum atomic E-state index is 11.2. The lowest BCUT2D eigenvalue weighted by atomic mass is 10.4. The molecule has 5 N–H and O–H groups in total. The molecule has 0 unspecified atom stereocenters. The van der Waals surface area contributed by atoms with E-state index in [9.17, 15) is 14.4 Å². The van der Waals surface area contributed by atoms with Crippen LogP contribution in [0.1, 0.15) is 0 Å². The van der Waals surface area contributed by atoms with Crippen LogP contribution < -0.4 is 22.5 Å². The Bertz CT molecular complexity index is 663. The number of nitrogens with two attached hydrogens (primary N) is 1. The van der Waals surface area contributed by atoms with Gasteiger partial charge in [0.1, 0.15) is 5.52 Å². The van der Waals surface area contributed by atoms with E-state index in [0.717, 1.165) is 0 Å². The highest BCUT2D eigenvalue weighted by molar-refractivity contribution is 5.72. The van der Waals surface area contributed by atoms with E-state index < -0.39 is 16.8 Å². The summed E-state index contributed by atoms with van der Waals surface area (Å²) in [5, 5.41) is 0. The van der Waals surface area contributed by atoms with Crippen molar-refractivity contribution in [3.05, 3.63) is 31.2 Å². The molecular formula is C6H5N5O3. The molecule has 14 heavy (non-hydrogen) atoms. The Morgan fingerprint density at radius 3 is 2.43 bits per heavy atom. The van der Waals surface area contributed by atoms with Gasteiger partial charge in [0.05, 0.1) is 0 Å². The number of rotatable bonds is 0. The van der Waals surface area contributed by atoms with Crippen molar-refractivity contribution in [1.82, 2.24) is 19.9 Å². The average molecular weight is 195 g/mol. The first-order chi connectivity index (χ1) is 6.58. The van der Waals surface area contributed by atoms with Crippen molar-refractivity contribution in [2.24, 2.45) is 0 Å². The molecule has 8 nitrogen and oxygen atoms in total. The summed E-state index contributed by atoms with van der Waals surface area (Å²) in [5.74, 6) is -0.181. The smallest absolute Gasteiger partial charge is 0.326 e. The number of fused-ring (bicyclic) bond motifs is 1. The molecular weight excluding hydrogens is 190 g/mol. The molecule has 0 aliphatic rings. The van der Waals surface area contributed by atoms with Crippen LogP contribution >= 0.6 is 0 Å². The van der Waals surface area contributed by atoms with Crippen LogP contribution in [0.4, 0.5) is 5.95 Å². The topological polar surface area (TPSA) is 137 Å². The van der Waals surface area contributed by atoms with Gasteiger partial charge in [-0.3, -0.25) is 19.6 Å². The van der Waals surface area contributed by atoms with Crippen LogP contribution in [0, 0.1) is 0 Å². The summed E-state index contributed by atoms with van der Waals surface area (Å²) in [6.07, 6.45) is 0. The standard InChI is InChI=1S/C6H5N5O3/c7-5-8-1-2(3(12)10-5)9-6(14)11-4(1)13/h(H3,7,8,10,12)(H2,9,11,13,14). The highest BCUT2D eigenvalue weighted by atomic mass is 16.2. The number of hydrogen-bond acceptors (Lipinski definition) is 5. The minimum absolute atomic E-state index is 0.181. The number of hydrogen-bond donors (Lipinski definition) is 4. The first-order valence-electron chi connectivity index (χ1n) is 3.60. The van der Waals surface area contributed by atoms with Crippen LogP contribution in [0.5, 0.6) is 0 Å². The van der Waals surface area contributed by atoms with E-state index in [4.69, 9.17) is 5.73 Å². The molecule has 72 valence electrons. The van der Waals surface area contributed by atoms with Gasteiger partial charge in [0, 0.05) is 0 Å². The normalized spacial score (nSPS) is 10.6. The van der Waals surface area contributed by atoms with Gasteiger partial charge in [-0.05, 0) is 0 Å². The number of aromatic nitrogens is 4. The molecule has 0 saturated heterocycles. The van der Waals surface area contributed by atoms with Gasteiger partial charge < -0.3 is 10.7 Å². The highest BCUT2D eigenvalue weighted by Gasteiger charge is 2.06. The van der Waals surface area contributed by atoms with E-state index >= 15 is 0 Å². The van der Waals surface area contributed by atoms with E-state index in [1.165, 1.54) is 0 Å². The Kier molecular flexibility index (Phi) is 1.50. The van der Waals surface area contributed by atoms with Gasteiger partial charge in [0.2, 0.25) is 5.95 Å². The molecule has 8 heteroatoms. The summed E-state index contributed by atoms with van der Waals surface area (Å²) in [7, 11) is 0. The number of nitrogen functional groups attached to an aromatic ring is 1. The molecule has 2 rings (SSSR count). The largest absolute Gasteiger partial charge is 0.369 e. The SMILES string of the molecule is Nc1nc2c(=O)[nH]c(=O)[nH]c2c(=O)[nH]1. The van der Waals surface area contributed by atoms with Crippen molar-refractivity contribution >= 4 is 17.0 Å². The molecule has 0 saturated carbocycles. The zero-order chi connectivity index (χ0) is 10.3. The van der Waals surface area contributed by atoms with E-state index in [1.807, 2.05) is 4.98 Å². The lowest BCUT2D eigenvalue weighted by Crippen LogP contribution is -2.27. The van der Waals surface area contributed by atoms with E-state index in [0.29, 0.717) is 0 Å². The van der Waals surface area contributed by atoms with Gasteiger partial charge in [-0.2, -0.15) is 0 Å². The Hall–Kier alpha value is -2.38. The molecule has 2 aromatic heterocycles. The van der Waals surface area contributed by atoms with Crippen LogP contribution in [-0.2, 0) is 0 Å². The van der Waals surface area contributed by atoms with Crippen LogP contribution in [0.25, 0.3) is 11.0 Å². The van der Waals surface area contributed by atoms with Crippen molar-refractivity contribution in [3.63, 3.8) is 0 Å². The third kappa shape index (κ3) is 1.09. The quantitative estimate of drug-likeness (QED) is 0.381. The second kappa shape index (κ2) is 2.55.